The van der Waals surface area contributed by atoms with Gasteiger partial charge in [0.15, 0.2) is 5.82 Å². The summed E-state index contributed by atoms with van der Waals surface area (Å²) in [6.45, 7) is 8.44. The van der Waals surface area contributed by atoms with Crippen LogP contribution in [0.15, 0.2) is 79.7 Å². The Morgan fingerprint density at radius 3 is 2.51 bits per heavy atom. The predicted molar refractivity (Wildman–Crippen MR) is 153 cm³/mol. The molecule has 1 aromatic heterocycles. The molecule has 1 heterocycles. The Morgan fingerprint density at radius 1 is 1.14 bits per heavy atom. The minimum atomic E-state index is -0.417. The molecule has 4 rings (SSSR count). The van der Waals surface area contributed by atoms with Crippen LogP contribution in [0.1, 0.15) is 25.0 Å². The predicted octanol–water partition coefficient (Wildman–Crippen LogP) is 7.11. The molecule has 0 unspecified atom stereocenters. The Morgan fingerprint density at radius 2 is 1.86 bits per heavy atom. The second-order valence-corrected chi connectivity index (χ2v) is 8.39. The van der Waals surface area contributed by atoms with Crippen molar-refractivity contribution in [3.05, 3.63) is 102 Å². The standard InChI is InChI=1S/C27H25ClFN5O.C2H6/c1-4-5-25(33(3)15-18-6-8-20(28)9-7-18)19-12-22(29)27-26(13-19)34(16-31-27)21-10-11-23(32-17-35)24(14-21)30-2;1-2/h4-14,16-17,30H,1,15H2,2-3H3,(H,32,35);1-2H3/b25-5-;. The number of hydrogen-bond acceptors (Lipinski definition) is 4. The lowest BCUT2D eigenvalue weighted by Crippen LogP contribution is -2.16. The van der Waals surface area contributed by atoms with Gasteiger partial charge >= 0.3 is 0 Å². The number of nitrogens with zero attached hydrogens (tertiary/aromatic N) is 3. The van der Waals surface area contributed by atoms with Gasteiger partial charge in [-0.3, -0.25) is 9.36 Å². The van der Waals surface area contributed by atoms with E-state index in [-0.39, 0.29) is 5.52 Å². The van der Waals surface area contributed by atoms with Gasteiger partial charge in [0.2, 0.25) is 6.41 Å². The SMILES string of the molecule is C=C/C=C(/c1cc(F)c2ncn(-c3ccc(NC=O)c(NC)c3)c2c1)N(C)Cc1ccc(Cl)cc1.CC. The zero-order valence-corrected chi connectivity index (χ0v) is 22.2. The van der Waals surface area contributed by atoms with Crippen LogP contribution in [0.25, 0.3) is 22.4 Å². The zero-order valence-electron chi connectivity index (χ0n) is 21.4. The van der Waals surface area contributed by atoms with E-state index in [1.807, 2.05) is 78.9 Å². The van der Waals surface area contributed by atoms with Gasteiger partial charge in [-0.15, -0.1) is 0 Å². The van der Waals surface area contributed by atoms with Gasteiger partial charge < -0.3 is 15.5 Å². The molecular formula is C29H31ClFN5O. The number of rotatable bonds is 9. The maximum atomic E-state index is 15.2. The third-order valence-electron chi connectivity index (χ3n) is 5.69. The van der Waals surface area contributed by atoms with Gasteiger partial charge in [0, 0.05) is 42.6 Å². The van der Waals surface area contributed by atoms with Crippen molar-refractivity contribution in [3.8, 4) is 5.69 Å². The Balaban J connectivity index is 0.00000186. The molecular weight excluding hydrogens is 489 g/mol. The molecule has 0 aliphatic heterocycles. The third kappa shape index (κ3) is 6.19. The summed E-state index contributed by atoms with van der Waals surface area (Å²) >= 11 is 6.02. The van der Waals surface area contributed by atoms with Crippen molar-refractivity contribution in [1.82, 2.24) is 14.5 Å². The summed E-state index contributed by atoms with van der Waals surface area (Å²) in [5, 5.41) is 6.40. The van der Waals surface area contributed by atoms with Gasteiger partial charge in [-0.1, -0.05) is 50.2 Å². The van der Waals surface area contributed by atoms with Crippen molar-refractivity contribution in [2.75, 3.05) is 24.7 Å². The monoisotopic (exact) mass is 519 g/mol. The number of hydrogen-bond donors (Lipinski definition) is 2. The van der Waals surface area contributed by atoms with Crippen LogP contribution in [0.2, 0.25) is 5.02 Å². The molecule has 0 saturated heterocycles. The number of anilines is 2. The van der Waals surface area contributed by atoms with E-state index in [0.717, 1.165) is 22.6 Å². The molecule has 0 aliphatic rings. The van der Waals surface area contributed by atoms with Crippen molar-refractivity contribution in [2.24, 2.45) is 0 Å². The molecule has 2 N–H and O–H groups in total. The van der Waals surface area contributed by atoms with E-state index >= 15 is 4.39 Å². The van der Waals surface area contributed by atoms with Crippen LogP contribution >= 0.6 is 11.6 Å². The number of aromatic nitrogens is 2. The van der Waals surface area contributed by atoms with E-state index in [1.54, 1.807) is 25.5 Å². The van der Waals surface area contributed by atoms with E-state index in [2.05, 4.69) is 22.2 Å². The smallest absolute Gasteiger partial charge is 0.211 e. The molecule has 0 bridgehead atoms. The number of carbonyl (C=O) groups is 1. The van der Waals surface area contributed by atoms with Gasteiger partial charge in [0.05, 0.1) is 16.9 Å². The van der Waals surface area contributed by atoms with Crippen LogP contribution in [-0.2, 0) is 11.3 Å². The normalized spacial score (nSPS) is 10.9. The molecule has 192 valence electrons. The van der Waals surface area contributed by atoms with E-state index in [1.165, 1.54) is 6.07 Å². The lowest BCUT2D eigenvalue weighted by atomic mass is 10.1. The molecule has 37 heavy (non-hydrogen) atoms. The largest absolute Gasteiger partial charge is 0.386 e. The topological polar surface area (TPSA) is 62.2 Å². The van der Waals surface area contributed by atoms with Crippen LogP contribution in [0.5, 0.6) is 0 Å². The van der Waals surface area contributed by atoms with Crippen molar-refractivity contribution in [1.29, 1.82) is 0 Å². The van der Waals surface area contributed by atoms with Gasteiger partial charge in [0.1, 0.15) is 11.8 Å². The number of fused-ring (bicyclic) bond motifs is 1. The summed E-state index contributed by atoms with van der Waals surface area (Å²) < 4.78 is 17.0. The van der Waals surface area contributed by atoms with Crippen molar-refractivity contribution >= 4 is 46.1 Å². The first-order valence-electron chi connectivity index (χ1n) is 11.9. The Kier molecular flexibility index (Phi) is 9.46. The lowest BCUT2D eigenvalue weighted by Gasteiger charge is -2.23. The van der Waals surface area contributed by atoms with E-state index in [0.29, 0.717) is 34.7 Å². The van der Waals surface area contributed by atoms with Crippen LogP contribution in [-0.4, -0.2) is 35.0 Å². The van der Waals surface area contributed by atoms with Gasteiger partial charge in [0.25, 0.3) is 0 Å². The highest BCUT2D eigenvalue weighted by molar-refractivity contribution is 6.30. The molecule has 0 radical (unpaired) electrons. The first-order chi connectivity index (χ1) is 17.9. The molecule has 1 amide bonds. The highest BCUT2D eigenvalue weighted by atomic mass is 35.5. The minimum absolute atomic E-state index is 0.271. The number of amides is 1. The summed E-state index contributed by atoms with van der Waals surface area (Å²) in [4.78, 5) is 17.2. The van der Waals surface area contributed by atoms with Gasteiger partial charge in [-0.25, -0.2) is 9.37 Å². The number of allylic oxidation sites excluding steroid dienone is 2. The molecule has 6 nitrogen and oxygen atoms in total. The van der Waals surface area contributed by atoms with Crippen molar-refractivity contribution in [2.45, 2.75) is 20.4 Å². The maximum absolute atomic E-state index is 15.2. The number of imidazole rings is 1. The number of carbonyl (C=O) groups excluding carboxylic acids is 1. The maximum Gasteiger partial charge on any atom is 0.211 e. The molecule has 0 saturated carbocycles. The average Bonchev–Trinajstić information content (AvgIpc) is 3.34. The van der Waals surface area contributed by atoms with E-state index < -0.39 is 5.82 Å². The van der Waals surface area contributed by atoms with E-state index in [9.17, 15) is 4.79 Å². The molecule has 4 aromatic rings. The summed E-state index contributed by atoms with van der Waals surface area (Å²) in [6.07, 6.45) is 5.76. The molecule has 3 aromatic carbocycles. The van der Waals surface area contributed by atoms with Crippen molar-refractivity contribution < 1.29 is 9.18 Å². The zero-order chi connectivity index (χ0) is 26.9. The quantitative estimate of drug-likeness (QED) is 0.183. The van der Waals surface area contributed by atoms with Crippen LogP contribution in [0.4, 0.5) is 15.8 Å². The third-order valence-corrected chi connectivity index (χ3v) is 5.94. The van der Waals surface area contributed by atoms with Crippen LogP contribution < -0.4 is 10.6 Å². The highest BCUT2D eigenvalue weighted by Gasteiger charge is 2.16. The minimum Gasteiger partial charge on any atom is -0.386 e. The van der Waals surface area contributed by atoms with Crippen molar-refractivity contribution in [3.63, 3.8) is 0 Å². The second-order valence-electron chi connectivity index (χ2n) is 7.95. The Labute approximate surface area is 222 Å². The Hall–Kier alpha value is -4.10. The average molecular weight is 520 g/mol. The summed E-state index contributed by atoms with van der Waals surface area (Å²) in [7, 11) is 3.71. The molecule has 0 fully saturated rings. The molecule has 0 spiro atoms. The lowest BCUT2D eigenvalue weighted by molar-refractivity contribution is -0.105. The fraction of sp³-hybridized carbons (Fsp3) is 0.172. The van der Waals surface area contributed by atoms with Gasteiger partial charge in [-0.2, -0.15) is 0 Å². The second kappa shape index (κ2) is 12.7. The van der Waals surface area contributed by atoms with Crippen LogP contribution in [0, 0.1) is 5.82 Å². The number of nitrogens with one attached hydrogen (secondary N) is 2. The summed E-state index contributed by atoms with van der Waals surface area (Å²) in [5.41, 5.74) is 5.61. The summed E-state index contributed by atoms with van der Waals surface area (Å²) in [5.74, 6) is -0.417. The molecule has 0 aliphatic carbocycles. The van der Waals surface area contributed by atoms with E-state index in [4.69, 9.17) is 11.6 Å². The highest BCUT2D eigenvalue weighted by Crippen LogP contribution is 2.30. The molecule has 8 heteroatoms. The first-order valence-corrected chi connectivity index (χ1v) is 12.3. The fourth-order valence-electron chi connectivity index (χ4n) is 4.01. The number of benzene rings is 3. The number of halogens is 2. The van der Waals surface area contributed by atoms with Crippen LogP contribution in [0.3, 0.4) is 0 Å². The summed E-state index contributed by atoms with van der Waals surface area (Å²) in [6, 6.07) is 16.5. The molecule has 0 atom stereocenters. The fourth-order valence-corrected chi connectivity index (χ4v) is 4.14. The first kappa shape index (κ1) is 27.5. The Bertz CT molecular complexity index is 1410. The van der Waals surface area contributed by atoms with Gasteiger partial charge in [-0.05, 0) is 54.1 Å².